The molecule has 1 saturated carbocycles. The first-order valence-corrected chi connectivity index (χ1v) is 3.15. The highest BCUT2D eigenvalue weighted by Gasteiger charge is 2.20. The molecule has 0 amide bonds. The zero-order valence-corrected chi connectivity index (χ0v) is 5.30. The normalized spacial score (nSPS) is 21.4. The van der Waals surface area contributed by atoms with Gasteiger partial charge in [-0.05, 0) is 19.9 Å². The van der Waals surface area contributed by atoms with Crippen molar-refractivity contribution >= 4 is 0 Å². The fourth-order valence-corrected chi connectivity index (χ4v) is 0.943. The Kier molecular flexibility index (Phi) is 1.86. The summed E-state index contributed by atoms with van der Waals surface area (Å²) in [6.07, 6.45) is 3.89. The smallest absolute Gasteiger partial charge is 0.0956 e. The molecule has 0 saturated heterocycles. The highest BCUT2D eigenvalue weighted by atomic mass is 16.3. The molecule has 48 valence electrons. The van der Waals surface area contributed by atoms with Crippen molar-refractivity contribution < 1.29 is 5.11 Å². The summed E-state index contributed by atoms with van der Waals surface area (Å²) in [7, 11) is 1.96. The molecule has 1 fully saturated rings. The van der Waals surface area contributed by atoms with E-state index in [9.17, 15) is 0 Å². The molecule has 0 aromatic heterocycles. The van der Waals surface area contributed by atoms with E-state index in [-0.39, 0.29) is 6.73 Å². The third-order valence-electron chi connectivity index (χ3n) is 1.92. The Morgan fingerprint density at radius 1 is 1.62 bits per heavy atom. The summed E-state index contributed by atoms with van der Waals surface area (Å²) >= 11 is 0. The second-order valence-electron chi connectivity index (χ2n) is 2.48. The van der Waals surface area contributed by atoms with Crippen LogP contribution in [0.1, 0.15) is 19.3 Å². The lowest BCUT2D eigenvalue weighted by Crippen LogP contribution is -2.37. The summed E-state index contributed by atoms with van der Waals surface area (Å²) in [5.41, 5.74) is 0. The Balaban J connectivity index is 2.13. The monoisotopic (exact) mass is 115 g/mol. The maximum absolute atomic E-state index is 8.60. The molecule has 1 rings (SSSR count). The maximum Gasteiger partial charge on any atom is 0.0956 e. The number of hydrogen-bond donors (Lipinski definition) is 1. The fraction of sp³-hybridized carbons (Fsp3) is 1.00. The Morgan fingerprint density at radius 2 is 2.25 bits per heavy atom. The first-order chi connectivity index (χ1) is 3.84. The van der Waals surface area contributed by atoms with Crippen LogP contribution in [0.5, 0.6) is 0 Å². The Morgan fingerprint density at radius 3 is 2.38 bits per heavy atom. The van der Waals surface area contributed by atoms with Crippen molar-refractivity contribution in [3.05, 3.63) is 0 Å². The number of hydrogen-bond acceptors (Lipinski definition) is 2. The number of nitrogens with zero attached hydrogens (tertiary/aromatic N) is 1. The highest BCUT2D eigenvalue weighted by Crippen LogP contribution is 2.22. The van der Waals surface area contributed by atoms with Gasteiger partial charge in [0.15, 0.2) is 0 Å². The van der Waals surface area contributed by atoms with Gasteiger partial charge in [0.2, 0.25) is 0 Å². The average Bonchev–Trinajstić information content (AvgIpc) is 1.62. The van der Waals surface area contributed by atoms with E-state index in [2.05, 4.69) is 0 Å². The van der Waals surface area contributed by atoms with Gasteiger partial charge < -0.3 is 5.11 Å². The summed E-state index contributed by atoms with van der Waals surface area (Å²) in [5, 5.41) is 8.60. The minimum absolute atomic E-state index is 0.213. The molecule has 0 bridgehead atoms. The Hall–Kier alpha value is -0.0800. The van der Waals surface area contributed by atoms with E-state index in [1.165, 1.54) is 19.3 Å². The molecule has 1 N–H and O–H groups in total. The van der Waals surface area contributed by atoms with E-state index in [0.29, 0.717) is 6.04 Å². The molecule has 1 aliphatic carbocycles. The molecular weight excluding hydrogens is 102 g/mol. The van der Waals surface area contributed by atoms with Crippen LogP contribution in [0.25, 0.3) is 0 Å². The second kappa shape index (κ2) is 2.46. The average molecular weight is 115 g/mol. The lowest BCUT2D eigenvalue weighted by molar-refractivity contribution is 0.0583. The van der Waals surface area contributed by atoms with Crippen LogP contribution in [0.3, 0.4) is 0 Å². The lowest BCUT2D eigenvalue weighted by atomic mass is 9.92. The van der Waals surface area contributed by atoms with Crippen LogP contribution in [-0.4, -0.2) is 29.8 Å². The van der Waals surface area contributed by atoms with Gasteiger partial charge in [-0.1, -0.05) is 6.42 Å². The molecule has 8 heavy (non-hydrogen) atoms. The van der Waals surface area contributed by atoms with Gasteiger partial charge in [-0.3, -0.25) is 4.90 Å². The Labute approximate surface area is 50.1 Å². The summed E-state index contributed by atoms with van der Waals surface area (Å²) in [4.78, 5) is 1.99. The number of rotatable bonds is 2. The van der Waals surface area contributed by atoms with Gasteiger partial charge in [0, 0.05) is 6.04 Å². The minimum Gasteiger partial charge on any atom is -0.381 e. The molecule has 0 radical (unpaired) electrons. The van der Waals surface area contributed by atoms with E-state index < -0.39 is 0 Å². The second-order valence-corrected chi connectivity index (χ2v) is 2.48. The van der Waals surface area contributed by atoms with Crippen LogP contribution in [-0.2, 0) is 0 Å². The Bertz CT molecular complexity index is 68.2. The van der Waals surface area contributed by atoms with Crippen LogP contribution in [0.2, 0.25) is 0 Å². The van der Waals surface area contributed by atoms with Crippen molar-refractivity contribution in [2.24, 2.45) is 0 Å². The van der Waals surface area contributed by atoms with Crippen molar-refractivity contribution in [1.82, 2.24) is 4.90 Å². The summed E-state index contributed by atoms with van der Waals surface area (Å²) in [6.45, 7) is 0.213. The van der Waals surface area contributed by atoms with Gasteiger partial charge in [0.05, 0.1) is 6.73 Å². The van der Waals surface area contributed by atoms with E-state index in [4.69, 9.17) is 5.11 Å². The van der Waals surface area contributed by atoms with Gasteiger partial charge in [-0.25, -0.2) is 0 Å². The summed E-state index contributed by atoms with van der Waals surface area (Å²) < 4.78 is 0. The molecule has 0 aliphatic heterocycles. The van der Waals surface area contributed by atoms with E-state index >= 15 is 0 Å². The molecule has 0 spiro atoms. The molecule has 0 unspecified atom stereocenters. The largest absolute Gasteiger partial charge is 0.381 e. The lowest BCUT2D eigenvalue weighted by Gasteiger charge is -2.32. The SMILES string of the molecule is CN(CO)C1CCC1. The molecule has 0 aromatic carbocycles. The van der Waals surface area contributed by atoms with Crippen LogP contribution >= 0.6 is 0 Å². The fourth-order valence-electron chi connectivity index (χ4n) is 0.943. The summed E-state index contributed by atoms with van der Waals surface area (Å²) in [6, 6.07) is 0.681. The third kappa shape index (κ3) is 1.01. The molecule has 2 nitrogen and oxygen atoms in total. The van der Waals surface area contributed by atoms with E-state index in [0.717, 1.165) is 0 Å². The molecule has 0 aromatic rings. The van der Waals surface area contributed by atoms with Gasteiger partial charge >= 0.3 is 0 Å². The predicted molar refractivity (Wildman–Crippen MR) is 32.5 cm³/mol. The van der Waals surface area contributed by atoms with E-state index in [1.54, 1.807) is 0 Å². The van der Waals surface area contributed by atoms with E-state index in [1.807, 2.05) is 11.9 Å². The molecule has 2 heteroatoms. The minimum atomic E-state index is 0.213. The van der Waals surface area contributed by atoms with Crippen LogP contribution in [0.4, 0.5) is 0 Å². The van der Waals surface area contributed by atoms with Crippen LogP contribution in [0.15, 0.2) is 0 Å². The molecule has 0 heterocycles. The zero-order valence-electron chi connectivity index (χ0n) is 5.30. The van der Waals surface area contributed by atoms with Crippen molar-refractivity contribution in [3.63, 3.8) is 0 Å². The van der Waals surface area contributed by atoms with Crippen molar-refractivity contribution in [1.29, 1.82) is 0 Å². The number of aliphatic hydroxyl groups excluding tert-OH is 1. The van der Waals surface area contributed by atoms with Crippen molar-refractivity contribution in [3.8, 4) is 0 Å². The highest BCUT2D eigenvalue weighted by molar-refractivity contribution is 4.75. The predicted octanol–water partition coefficient (Wildman–Crippen LogP) is 0.420. The van der Waals surface area contributed by atoms with Gasteiger partial charge in [0.25, 0.3) is 0 Å². The molecule has 0 atom stereocenters. The topological polar surface area (TPSA) is 23.5 Å². The third-order valence-corrected chi connectivity index (χ3v) is 1.92. The van der Waals surface area contributed by atoms with Crippen molar-refractivity contribution in [2.75, 3.05) is 13.8 Å². The summed E-state index contributed by atoms with van der Waals surface area (Å²) in [5.74, 6) is 0. The zero-order chi connectivity index (χ0) is 5.98. The standard InChI is InChI=1S/C6H13NO/c1-7(5-8)6-3-2-4-6/h6,8H,2-5H2,1H3. The number of aliphatic hydroxyl groups is 1. The van der Waals surface area contributed by atoms with Gasteiger partial charge in [0.1, 0.15) is 0 Å². The molecule has 1 aliphatic rings. The maximum atomic E-state index is 8.60. The van der Waals surface area contributed by atoms with Crippen LogP contribution in [0, 0.1) is 0 Å². The first kappa shape index (κ1) is 6.05. The molecular formula is C6H13NO. The van der Waals surface area contributed by atoms with Crippen molar-refractivity contribution in [2.45, 2.75) is 25.3 Å². The van der Waals surface area contributed by atoms with Gasteiger partial charge in [-0.15, -0.1) is 0 Å². The van der Waals surface area contributed by atoms with Crippen LogP contribution < -0.4 is 0 Å². The first-order valence-electron chi connectivity index (χ1n) is 3.15. The quantitative estimate of drug-likeness (QED) is 0.527. The van der Waals surface area contributed by atoms with Gasteiger partial charge in [-0.2, -0.15) is 0 Å².